The monoisotopic (exact) mass is 232 g/mol. The molecule has 0 aliphatic carbocycles. The first-order valence-corrected chi connectivity index (χ1v) is 5.36. The molecule has 0 aliphatic rings. The van der Waals surface area contributed by atoms with Crippen molar-refractivity contribution in [2.75, 3.05) is 24.8 Å². The maximum absolute atomic E-state index is 5.98. The lowest BCUT2D eigenvalue weighted by molar-refractivity contribution is 0.415. The summed E-state index contributed by atoms with van der Waals surface area (Å²) in [6.07, 6.45) is 3.40. The van der Waals surface area contributed by atoms with E-state index in [0.717, 1.165) is 23.5 Å². The van der Waals surface area contributed by atoms with Crippen LogP contribution in [0, 0.1) is 0 Å². The molecular formula is C13H16N2O2. The van der Waals surface area contributed by atoms with Crippen LogP contribution in [0.3, 0.4) is 0 Å². The Morgan fingerprint density at radius 1 is 1.35 bits per heavy atom. The van der Waals surface area contributed by atoms with Crippen LogP contribution in [0.4, 0.5) is 11.4 Å². The van der Waals surface area contributed by atoms with E-state index >= 15 is 0 Å². The molecule has 0 fully saturated rings. The normalized spacial score (nSPS) is 10.2. The van der Waals surface area contributed by atoms with Gasteiger partial charge in [0.05, 0.1) is 31.0 Å². The molecule has 1 aromatic carbocycles. The van der Waals surface area contributed by atoms with E-state index in [0.29, 0.717) is 5.69 Å². The second kappa shape index (κ2) is 4.82. The molecule has 0 atom stereocenters. The second-order valence-electron chi connectivity index (χ2n) is 3.91. The van der Waals surface area contributed by atoms with E-state index < -0.39 is 0 Å². The molecule has 1 heterocycles. The zero-order valence-electron chi connectivity index (χ0n) is 10.0. The molecule has 0 aliphatic heterocycles. The van der Waals surface area contributed by atoms with Crippen molar-refractivity contribution in [3.63, 3.8) is 0 Å². The van der Waals surface area contributed by atoms with Gasteiger partial charge < -0.3 is 19.8 Å². The van der Waals surface area contributed by atoms with Crippen molar-refractivity contribution in [1.82, 2.24) is 0 Å². The topological polar surface area (TPSA) is 51.6 Å². The van der Waals surface area contributed by atoms with Crippen LogP contribution >= 0.6 is 0 Å². The number of rotatable bonds is 4. The molecule has 2 rings (SSSR count). The van der Waals surface area contributed by atoms with Crippen molar-refractivity contribution < 1.29 is 9.15 Å². The molecule has 0 radical (unpaired) electrons. The summed E-state index contributed by atoms with van der Waals surface area (Å²) in [5.41, 5.74) is 8.78. The Kier molecular flexibility index (Phi) is 3.23. The van der Waals surface area contributed by atoms with Crippen molar-refractivity contribution in [2.24, 2.45) is 0 Å². The predicted molar refractivity (Wildman–Crippen MR) is 68.2 cm³/mol. The molecule has 2 aromatic rings. The quantitative estimate of drug-likeness (QED) is 0.823. The minimum atomic E-state index is 0.704. The first-order chi connectivity index (χ1) is 8.20. The average Bonchev–Trinajstić information content (AvgIpc) is 2.81. The van der Waals surface area contributed by atoms with E-state index in [1.165, 1.54) is 0 Å². The van der Waals surface area contributed by atoms with Crippen LogP contribution in [0.25, 0.3) is 0 Å². The van der Waals surface area contributed by atoms with E-state index in [9.17, 15) is 0 Å². The molecule has 0 saturated carbocycles. The van der Waals surface area contributed by atoms with Crippen LogP contribution in [-0.4, -0.2) is 14.2 Å². The van der Waals surface area contributed by atoms with Crippen LogP contribution in [0.15, 0.2) is 41.2 Å². The second-order valence-corrected chi connectivity index (χ2v) is 3.91. The summed E-state index contributed by atoms with van der Waals surface area (Å²) in [6.45, 7) is 0.757. The lowest BCUT2D eigenvalue weighted by Crippen LogP contribution is -2.17. The fourth-order valence-corrected chi connectivity index (χ4v) is 1.75. The summed E-state index contributed by atoms with van der Waals surface area (Å²) in [5, 5.41) is 0. The fraction of sp³-hybridized carbons (Fsp3) is 0.231. The van der Waals surface area contributed by atoms with Crippen LogP contribution in [0.2, 0.25) is 0 Å². The van der Waals surface area contributed by atoms with Crippen molar-refractivity contribution >= 4 is 11.4 Å². The molecule has 4 nitrogen and oxygen atoms in total. The summed E-state index contributed by atoms with van der Waals surface area (Å²) >= 11 is 0. The van der Waals surface area contributed by atoms with Crippen molar-refractivity contribution in [3.05, 3.63) is 42.4 Å². The number of benzene rings is 1. The summed E-state index contributed by atoms with van der Waals surface area (Å²) in [6, 6.07) is 7.61. The average molecular weight is 232 g/mol. The first kappa shape index (κ1) is 11.4. The molecule has 0 saturated heterocycles. The maximum Gasteiger partial charge on any atom is 0.121 e. The lowest BCUT2D eigenvalue weighted by Gasteiger charge is -2.20. The molecule has 0 bridgehead atoms. The SMILES string of the molecule is COc1ccc(N(C)Cc2ccoc2)c(N)c1. The smallest absolute Gasteiger partial charge is 0.121 e. The van der Waals surface area contributed by atoms with Gasteiger partial charge in [0.25, 0.3) is 0 Å². The Morgan fingerprint density at radius 3 is 2.76 bits per heavy atom. The third kappa shape index (κ3) is 2.53. The van der Waals surface area contributed by atoms with Crippen LogP contribution in [0.5, 0.6) is 5.75 Å². The van der Waals surface area contributed by atoms with Gasteiger partial charge in [-0.1, -0.05) is 0 Å². The number of methoxy groups -OCH3 is 1. The number of hydrogen-bond donors (Lipinski definition) is 1. The highest BCUT2D eigenvalue weighted by Gasteiger charge is 2.07. The standard InChI is InChI=1S/C13H16N2O2/c1-15(8-10-5-6-17-9-10)13-4-3-11(16-2)7-12(13)14/h3-7,9H,8,14H2,1-2H3. The van der Waals surface area contributed by atoms with E-state index in [-0.39, 0.29) is 0 Å². The molecule has 2 N–H and O–H groups in total. The highest BCUT2D eigenvalue weighted by atomic mass is 16.5. The number of hydrogen-bond acceptors (Lipinski definition) is 4. The Labute approximate surface area is 101 Å². The molecular weight excluding hydrogens is 216 g/mol. The molecule has 0 amide bonds. The molecule has 4 heteroatoms. The van der Waals surface area contributed by atoms with Gasteiger partial charge in [0.2, 0.25) is 0 Å². The summed E-state index contributed by atoms with van der Waals surface area (Å²) < 4.78 is 10.2. The van der Waals surface area contributed by atoms with Gasteiger partial charge in [-0.2, -0.15) is 0 Å². The van der Waals surface area contributed by atoms with Gasteiger partial charge in [0.1, 0.15) is 5.75 Å². The molecule has 0 spiro atoms. The highest BCUT2D eigenvalue weighted by Crippen LogP contribution is 2.27. The van der Waals surface area contributed by atoms with Crippen molar-refractivity contribution in [3.8, 4) is 5.75 Å². The number of nitrogen functional groups attached to an aromatic ring is 1. The highest BCUT2D eigenvalue weighted by molar-refractivity contribution is 5.69. The van der Waals surface area contributed by atoms with Crippen LogP contribution < -0.4 is 15.4 Å². The maximum atomic E-state index is 5.98. The summed E-state index contributed by atoms with van der Waals surface area (Å²) in [5.74, 6) is 0.767. The van der Waals surface area contributed by atoms with Gasteiger partial charge in [0.15, 0.2) is 0 Å². The Morgan fingerprint density at radius 2 is 2.18 bits per heavy atom. The molecule has 17 heavy (non-hydrogen) atoms. The van der Waals surface area contributed by atoms with Gasteiger partial charge in [-0.15, -0.1) is 0 Å². The number of ether oxygens (including phenoxy) is 1. The first-order valence-electron chi connectivity index (χ1n) is 5.36. The van der Waals surface area contributed by atoms with Gasteiger partial charge in [0, 0.05) is 25.2 Å². The number of anilines is 2. The van der Waals surface area contributed by atoms with Gasteiger partial charge in [-0.3, -0.25) is 0 Å². The van der Waals surface area contributed by atoms with Gasteiger partial charge in [-0.05, 0) is 18.2 Å². The molecule has 0 unspecified atom stereocenters. The Bertz CT molecular complexity index is 480. The van der Waals surface area contributed by atoms with E-state index in [2.05, 4.69) is 4.90 Å². The van der Waals surface area contributed by atoms with Crippen LogP contribution in [0.1, 0.15) is 5.56 Å². The Balaban J connectivity index is 2.16. The van der Waals surface area contributed by atoms with E-state index in [4.69, 9.17) is 14.9 Å². The number of nitrogens with two attached hydrogens (primary N) is 1. The lowest BCUT2D eigenvalue weighted by atomic mass is 10.2. The Hall–Kier alpha value is -2.10. The molecule has 1 aromatic heterocycles. The van der Waals surface area contributed by atoms with Gasteiger partial charge >= 0.3 is 0 Å². The zero-order chi connectivity index (χ0) is 12.3. The minimum absolute atomic E-state index is 0.704. The van der Waals surface area contributed by atoms with E-state index in [1.54, 1.807) is 19.6 Å². The number of furan rings is 1. The van der Waals surface area contributed by atoms with E-state index in [1.807, 2.05) is 31.3 Å². The zero-order valence-corrected chi connectivity index (χ0v) is 10.0. The van der Waals surface area contributed by atoms with Crippen molar-refractivity contribution in [2.45, 2.75) is 6.54 Å². The van der Waals surface area contributed by atoms with Gasteiger partial charge in [-0.25, -0.2) is 0 Å². The summed E-state index contributed by atoms with van der Waals surface area (Å²) in [4.78, 5) is 2.07. The van der Waals surface area contributed by atoms with Crippen molar-refractivity contribution in [1.29, 1.82) is 0 Å². The third-order valence-electron chi connectivity index (χ3n) is 2.65. The van der Waals surface area contributed by atoms with Crippen LogP contribution in [-0.2, 0) is 6.54 Å². The molecule has 90 valence electrons. The fourth-order valence-electron chi connectivity index (χ4n) is 1.75. The summed E-state index contributed by atoms with van der Waals surface area (Å²) in [7, 11) is 3.62. The predicted octanol–water partition coefficient (Wildman–Crippen LogP) is 2.51. The minimum Gasteiger partial charge on any atom is -0.497 e. The third-order valence-corrected chi connectivity index (χ3v) is 2.65. The largest absolute Gasteiger partial charge is 0.497 e. The number of nitrogens with zero attached hydrogens (tertiary/aromatic N) is 1.